The van der Waals surface area contributed by atoms with Crippen LogP contribution in [0, 0.1) is 0 Å². The van der Waals surface area contributed by atoms with Crippen molar-refractivity contribution in [2.45, 2.75) is 6.04 Å². The maximum absolute atomic E-state index is 12.8. The molecule has 0 unspecified atom stereocenters. The van der Waals surface area contributed by atoms with Crippen LogP contribution >= 0.6 is 15.9 Å². The van der Waals surface area contributed by atoms with Gasteiger partial charge in [-0.3, -0.25) is 13.9 Å². The van der Waals surface area contributed by atoms with E-state index in [-0.39, 0.29) is 17.3 Å². The molecule has 0 saturated heterocycles. The Balaban J connectivity index is 1.93. The van der Waals surface area contributed by atoms with Crippen molar-refractivity contribution in [1.82, 2.24) is 13.7 Å². The lowest BCUT2D eigenvalue weighted by Gasteiger charge is -2.30. The summed E-state index contributed by atoms with van der Waals surface area (Å²) in [5, 5.41) is 4.12. The molecular weight excluding hydrogens is 420 g/mol. The summed E-state index contributed by atoms with van der Waals surface area (Å²) in [7, 11) is 3.23. The van der Waals surface area contributed by atoms with Crippen LogP contribution in [0.3, 0.4) is 0 Å². The van der Waals surface area contributed by atoms with Gasteiger partial charge in [0, 0.05) is 24.8 Å². The van der Waals surface area contributed by atoms with Gasteiger partial charge in [0.15, 0.2) is 0 Å². The predicted molar refractivity (Wildman–Crippen MR) is 113 cm³/mol. The van der Waals surface area contributed by atoms with Gasteiger partial charge in [-0.15, -0.1) is 0 Å². The van der Waals surface area contributed by atoms with Gasteiger partial charge in [-0.05, 0) is 29.8 Å². The number of halogens is 1. The van der Waals surface area contributed by atoms with Gasteiger partial charge < -0.3 is 9.88 Å². The van der Waals surface area contributed by atoms with Crippen LogP contribution in [-0.2, 0) is 14.1 Å². The van der Waals surface area contributed by atoms with Crippen LogP contribution in [0.25, 0.3) is 16.6 Å². The smallest absolute Gasteiger partial charge is 0.331 e. The molecule has 0 spiro atoms. The molecule has 0 aliphatic carbocycles. The third kappa shape index (κ3) is 2.26. The average molecular weight is 437 g/mol. The minimum atomic E-state index is -0.333. The molecule has 1 aliphatic heterocycles. The van der Waals surface area contributed by atoms with Crippen LogP contribution in [0.2, 0.25) is 0 Å². The van der Waals surface area contributed by atoms with Crippen LogP contribution < -0.4 is 16.6 Å². The van der Waals surface area contributed by atoms with Crippen LogP contribution in [-0.4, -0.2) is 13.7 Å². The fourth-order valence-corrected chi connectivity index (χ4v) is 4.27. The highest BCUT2D eigenvalue weighted by atomic mass is 79.9. The summed E-state index contributed by atoms with van der Waals surface area (Å²) in [6, 6.07) is 15.8. The first-order chi connectivity index (χ1) is 13.5. The monoisotopic (exact) mass is 436 g/mol. The van der Waals surface area contributed by atoms with E-state index in [0.717, 1.165) is 31.7 Å². The van der Waals surface area contributed by atoms with E-state index in [2.05, 4.69) is 21.2 Å². The first-order valence-electron chi connectivity index (χ1n) is 8.89. The summed E-state index contributed by atoms with van der Waals surface area (Å²) in [4.78, 5) is 25.4. The summed E-state index contributed by atoms with van der Waals surface area (Å²) in [6.07, 6.45) is 1.85. The number of hydrogen-bond acceptors (Lipinski definition) is 3. The van der Waals surface area contributed by atoms with E-state index < -0.39 is 0 Å². The first-order valence-corrected chi connectivity index (χ1v) is 9.69. The minimum Gasteiger partial charge on any atom is -0.371 e. The van der Waals surface area contributed by atoms with Gasteiger partial charge in [0.1, 0.15) is 0 Å². The van der Waals surface area contributed by atoms with Gasteiger partial charge in [0.05, 0.1) is 34.0 Å². The lowest BCUT2D eigenvalue weighted by atomic mass is 9.99. The molecule has 7 heteroatoms. The van der Waals surface area contributed by atoms with E-state index in [0.29, 0.717) is 10.9 Å². The van der Waals surface area contributed by atoms with Gasteiger partial charge in [-0.1, -0.05) is 40.2 Å². The van der Waals surface area contributed by atoms with Crippen molar-refractivity contribution in [3.8, 4) is 5.69 Å². The number of rotatable bonds is 1. The zero-order valence-electron chi connectivity index (χ0n) is 15.3. The minimum absolute atomic E-state index is 0.196. The molecular formula is C21H17BrN4O2. The average Bonchev–Trinajstić information content (AvgIpc) is 3.12. The van der Waals surface area contributed by atoms with Crippen molar-refractivity contribution >= 4 is 32.5 Å². The van der Waals surface area contributed by atoms with Gasteiger partial charge in [0.2, 0.25) is 0 Å². The quantitative estimate of drug-likeness (QED) is 0.497. The zero-order chi connectivity index (χ0) is 19.6. The Morgan fingerprint density at radius 2 is 1.68 bits per heavy atom. The second-order valence-corrected chi connectivity index (χ2v) is 7.91. The second kappa shape index (κ2) is 5.97. The molecule has 1 N–H and O–H groups in total. The van der Waals surface area contributed by atoms with Gasteiger partial charge in [-0.2, -0.15) is 0 Å². The molecule has 2 aromatic carbocycles. The summed E-state index contributed by atoms with van der Waals surface area (Å²) in [5.74, 6) is 0. The van der Waals surface area contributed by atoms with Crippen LogP contribution in [0.15, 0.2) is 68.8 Å². The molecule has 2 aromatic heterocycles. The summed E-state index contributed by atoms with van der Waals surface area (Å²) in [5.41, 5.74) is 3.90. The Labute approximate surface area is 168 Å². The third-order valence-corrected chi connectivity index (χ3v) is 5.93. The SMILES string of the molecule is Cn1c(=O)c2cn3c(c2n(C)c1=O)[C@H](c1ccc(Br)cc1)Nc1ccccc1-3. The molecule has 0 bridgehead atoms. The number of para-hydroxylation sites is 2. The van der Waals surface area contributed by atoms with Crippen molar-refractivity contribution in [3.63, 3.8) is 0 Å². The lowest BCUT2D eigenvalue weighted by molar-refractivity contribution is 0.708. The molecule has 1 atom stereocenters. The molecule has 0 saturated carbocycles. The Bertz CT molecular complexity index is 1360. The van der Waals surface area contributed by atoms with Crippen LogP contribution in [0.1, 0.15) is 17.3 Å². The van der Waals surface area contributed by atoms with Crippen molar-refractivity contribution in [3.05, 3.63) is 91.3 Å². The summed E-state index contributed by atoms with van der Waals surface area (Å²) in [6.45, 7) is 0. The van der Waals surface area contributed by atoms with Crippen molar-refractivity contribution in [2.24, 2.45) is 14.1 Å². The highest BCUT2D eigenvalue weighted by molar-refractivity contribution is 9.10. The van der Waals surface area contributed by atoms with E-state index in [9.17, 15) is 9.59 Å². The van der Waals surface area contributed by atoms with Crippen molar-refractivity contribution in [2.75, 3.05) is 5.32 Å². The third-order valence-electron chi connectivity index (χ3n) is 5.40. The molecule has 5 rings (SSSR count). The number of fused-ring (bicyclic) bond motifs is 5. The number of aryl methyl sites for hydroxylation is 1. The lowest BCUT2D eigenvalue weighted by Crippen LogP contribution is -2.37. The van der Waals surface area contributed by atoms with Gasteiger partial charge in [-0.25, -0.2) is 4.79 Å². The maximum Gasteiger partial charge on any atom is 0.331 e. The Morgan fingerprint density at radius 1 is 0.964 bits per heavy atom. The van der Waals surface area contributed by atoms with Crippen LogP contribution in [0.4, 0.5) is 5.69 Å². The van der Waals surface area contributed by atoms with Crippen molar-refractivity contribution in [1.29, 1.82) is 0 Å². The Hall–Kier alpha value is -3.06. The Morgan fingerprint density at radius 3 is 2.43 bits per heavy atom. The fourth-order valence-electron chi connectivity index (χ4n) is 4.01. The van der Waals surface area contributed by atoms with E-state index in [4.69, 9.17) is 0 Å². The molecule has 140 valence electrons. The molecule has 3 heterocycles. The molecule has 6 nitrogen and oxygen atoms in total. The predicted octanol–water partition coefficient (Wildman–Crippen LogP) is 3.31. The van der Waals surface area contributed by atoms with E-state index >= 15 is 0 Å². The molecule has 0 fully saturated rings. The standard InChI is InChI=1S/C21H17BrN4O2/c1-24-18-14(20(27)25(2)21(24)28)11-26-16-6-4-3-5-15(16)23-17(19(18)26)12-7-9-13(22)10-8-12/h3-11,17,23H,1-2H3/t17-/m0/s1. The van der Waals surface area contributed by atoms with Crippen LogP contribution in [0.5, 0.6) is 0 Å². The molecule has 0 amide bonds. The number of nitrogens with one attached hydrogen (secondary N) is 1. The fraction of sp³-hybridized carbons (Fsp3) is 0.143. The number of benzene rings is 2. The summed E-state index contributed by atoms with van der Waals surface area (Å²) >= 11 is 3.48. The second-order valence-electron chi connectivity index (χ2n) is 7.00. The number of aromatic nitrogens is 3. The maximum atomic E-state index is 12.8. The van der Waals surface area contributed by atoms with Gasteiger partial charge >= 0.3 is 5.69 Å². The molecule has 1 aliphatic rings. The van der Waals surface area contributed by atoms with Gasteiger partial charge in [0.25, 0.3) is 5.56 Å². The molecule has 28 heavy (non-hydrogen) atoms. The number of hydrogen-bond donors (Lipinski definition) is 1. The number of anilines is 1. The molecule has 4 aromatic rings. The van der Waals surface area contributed by atoms with E-state index in [1.54, 1.807) is 11.6 Å². The Kier molecular flexibility index (Phi) is 3.64. The highest BCUT2D eigenvalue weighted by Gasteiger charge is 2.30. The highest BCUT2D eigenvalue weighted by Crippen LogP contribution is 2.40. The largest absolute Gasteiger partial charge is 0.371 e. The summed E-state index contributed by atoms with van der Waals surface area (Å²) < 4.78 is 5.74. The van der Waals surface area contributed by atoms with E-state index in [1.165, 1.54) is 7.05 Å². The number of nitrogens with zero attached hydrogens (tertiary/aromatic N) is 3. The normalized spacial score (nSPS) is 15.2. The topological polar surface area (TPSA) is 61.0 Å². The van der Waals surface area contributed by atoms with E-state index in [1.807, 2.05) is 59.3 Å². The van der Waals surface area contributed by atoms with Crippen molar-refractivity contribution < 1.29 is 0 Å². The molecule has 0 radical (unpaired) electrons. The first kappa shape index (κ1) is 17.1. The zero-order valence-corrected chi connectivity index (χ0v) is 16.9.